The number of anilines is 1. The second-order valence-corrected chi connectivity index (χ2v) is 5.28. The summed E-state index contributed by atoms with van der Waals surface area (Å²) in [6.07, 6.45) is 4.79. The maximum atomic E-state index is 11.6. The largest absolute Gasteiger partial charge is 0.351 e. The second kappa shape index (κ2) is 5.18. The van der Waals surface area contributed by atoms with Crippen LogP contribution in [0.4, 0.5) is 5.82 Å². The molecule has 1 aliphatic rings. The van der Waals surface area contributed by atoms with E-state index in [9.17, 15) is 4.79 Å². The van der Waals surface area contributed by atoms with Crippen LogP contribution >= 0.6 is 15.9 Å². The molecule has 1 saturated heterocycles. The maximum absolute atomic E-state index is 11.6. The van der Waals surface area contributed by atoms with E-state index in [4.69, 9.17) is 5.73 Å². The van der Waals surface area contributed by atoms with Crippen molar-refractivity contribution in [3.8, 4) is 0 Å². The van der Waals surface area contributed by atoms with Gasteiger partial charge in [0.05, 0.1) is 6.33 Å². The van der Waals surface area contributed by atoms with E-state index in [2.05, 4.69) is 30.8 Å². The number of piperidine rings is 1. The Morgan fingerprint density at radius 1 is 1.65 bits per heavy atom. The Morgan fingerprint density at radius 2 is 2.41 bits per heavy atom. The quantitative estimate of drug-likeness (QED) is 0.862. The summed E-state index contributed by atoms with van der Waals surface area (Å²) in [6, 6.07) is 0.331. The van der Waals surface area contributed by atoms with Crippen LogP contribution in [0.15, 0.2) is 15.6 Å². The van der Waals surface area contributed by atoms with Crippen LogP contribution < -0.4 is 16.2 Å². The van der Waals surface area contributed by atoms with Gasteiger partial charge < -0.3 is 15.6 Å². The average molecular weight is 301 g/mol. The molecule has 2 atom stereocenters. The van der Waals surface area contributed by atoms with E-state index in [-0.39, 0.29) is 17.6 Å². The van der Waals surface area contributed by atoms with E-state index in [0.29, 0.717) is 10.3 Å². The molecule has 0 amide bonds. The van der Waals surface area contributed by atoms with Gasteiger partial charge in [0.15, 0.2) is 5.82 Å². The summed E-state index contributed by atoms with van der Waals surface area (Å²) in [6.45, 7) is 2.91. The number of H-pyrrole nitrogens is 1. The molecule has 2 unspecified atom stereocenters. The van der Waals surface area contributed by atoms with Crippen molar-refractivity contribution >= 4 is 21.7 Å². The Bertz CT molecular complexity index is 445. The van der Waals surface area contributed by atoms with Gasteiger partial charge in [0.1, 0.15) is 4.47 Å². The molecular formula is C11H17BrN4O. The van der Waals surface area contributed by atoms with E-state index in [1.165, 1.54) is 12.7 Å². The smallest absolute Gasteiger partial charge is 0.267 e. The lowest BCUT2D eigenvalue weighted by atomic mass is 9.97. The summed E-state index contributed by atoms with van der Waals surface area (Å²) >= 11 is 3.30. The van der Waals surface area contributed by atoms with Crippen LogP contribution in [-0.4, -0.2) is 28.6 Å². The van der Waals surface area contributed by atoms with E-state index in [1.54, 1.807) is 0 Å². The SMILES string of the molecule is CC(N)C1CCCCN1c1nc[nH]c(=O)c1Br. The molecule has 0 bridgehead atoms. The summed E-state index contributed by atoms with van der Waals surface area (Å²) in [4.78, 5) is 20.5. The average Bonchev–Trinajstić information content (AvgIpc) is 2.33. The first-order valence-corrected chi connectivity index (χ1v) is 6.66. The molecule has 0 aromatic carbocycles. The fraction of sp³-hybridized carbons (Fsp3) is 0.636. The van der Waals surface area contributed by atoms with Gasteiger partial charge in [-0.2, -0.15) is 0 Å². The summed E-state index contributed by atoms with van der Waals surface area (Å²) in [5.41, 5.74) is 5.86. The number of nitrogens with zero attached hydrogens (tertiary/aromatic N) is 2. The number of aromatic amines is 1. The number of halogens is 1. The molecule has 0 saturated carbocycles. The predicted octanol–water partition coefficient (Wildman–Crippen LogP) is 1.24. The van der Waals surface area contributed by atoms with Gasteiger partial charge in [-0.25, -0.2) is 4.98 Å². The number of hydrogen-bond donors (Lipinski definition) is 2. The highest BCUT2D eigenvalue weighted by atomic mass is 79.9. The molecule has 0 spiro atoms. The van der Waals surface area contributed by atoms with Crippen LogP contribution in [0.25, 0.3) is 0 Å². The molecule has 2 heterocycles. The third-order valence-corrected chi connectivity index (χ3v) is 3.92. The molecule has 6 heteroatoms. The number of hydrogen-bond acceptors (Lipinski definition) is 4. The minimum atomic E-state index is -0.149. The summed E-state index contributed by atoms with van der Waals surface area (Å²) in [5, 5.41) is 0. The van der Waals surface area contributed by atoms with Crippen molar-refractivity contribution in [1.29, 1.82) is 0 Å². The van der Waals surface area contributed by atoms with Crippen molar-refractivity contribution < 1.29 is 0 Å². The Kier molecular flexibility index (Phi) is 3.83. The van der Waals surface area contributed by atoms with Gasteiger partial charge in [-0.1, -0.05) is 0 Å². The molecule has 5 nitrogen and oxygen atoms in total. The molecule has 94 valence electrons. The lowest BCUT2D eigenvalue weighted by Crippen LogP contribution is -2.50. The minimum absolute atomic E-state index is 0.0725. The molecule has 2 rings (SSSR count). The number of nitrogens with one attached hydrogen (secondary N) is 1. The van der Waals surface area contributed by atoms with E-state index < -0.39 is 0 Å². The molecule has 1 aromatic rings. The van der Waals surface area contributed by atoms with E-state index in [0.717, 1.165) is 19.4 Å². The van der Waals surface area contributed by atoms with Gasteiger partial charge in [0.2, 0.25) is 0 Å². The van der Waals surface area contributed by atoms with Gasteiger partial charge in [-0.3, -0.25) is 4.79 Å². The van der Waals surface area contributed by atoms with Crippen molar-refractivity contribution in [1.82, 2.24) is 9.97 Å². The van der Waals surface area contributed by atoms with Gasteiger partial charge in [-0.05, 0) is 42.1 Å². The zero-order valence-electron chi connectivity index (χ0n) is 9.82. The first-order valence-electron chi connectivity index (χ1n) is 5.86. The predicted molar refractivity (Wildman–Crippen MR) is 71.2 cm³/mol. The molecule has 1 fully saturated rings. The summed E-state index contributed by atoms with van der Waals surface area (Å²) in [7, 11) is 0. The van der Waals surface area contributed by atoms with Crippen LogP contribution in [0, 0.1) is 0 Å². The van der Waals surface area contributed by atoms with Crippen LogP contribution in [0.3, 0.4) is 0 Å². The highest BCUT2D eigenvalue weighted by Gasteiger charge is 2.28. The molecule has 0 radical (unpaired) electrons. The molecule has 1 aliphatic heterocycles. The van der Waals surface area contributed by atoms with Crippen LogP contribution in [0.1, 0.15) is 26.2 Å². The normalized spacial score (nSPS) is 22.5. The number of rotatable bonds is 2. The zero-order chi connectivity index (χ0) is 12.4. The van der Waals surface area contributed by atoms with Crippen LogP contribution in [0.2, 0.25) is 0 Å². The third-order valence-electron chi connectivity index (χ3n) is 3.21. The molecule has 17 heavy (non-hydrogen) atoms. The van der Waals surface area contributed by atoms with E-state index >= 15 is 0 Å². The summed E-state index contributed by atoms with van der Waals surface area (Å²) < 4.78 is 0.493. The number of aromatic nitrogens is 2. The molecule has 0 aliphatic carbocycles. The highest BCUT2D eigenvalue weighted by Crippen LogP contribution is 2.27. The topological polar surface area (TPSA) is 75.0 Å². The van der Waals surface area contributed by atoms with Crippen molar-refractivity contribution in [2.45, 2.75) is 38.3 Å². The fourth-order valence-electron chi connectivity index (χ4n) is 2.34. The van der Waals surface area contributed by atoms with Crippen molar-refractivity contribution in [3.63, 3.8) is 0 Å². The molecule has 3 N–H and O–H groups in total. The first-order chi connectivity index (χ1) is 8.11. The van der Waals surface area contributed by atoms with Crippen molar-refractivity contribution in [2.24, 2.45) is 5.73 Å². The highest BCUT2D eigenvalue weighted by molar-refractivity contribution is 9.10. The maximum Gasteiger partial charge on any atom is 0.267 e. The third kappa shape index (κ3) is 2.52. The van der Waals surface area contributed by atoms with Gasteiger partial charge in [0, 0.05) is 18.6 Å². The summed E-state index contributed by atoms with van der Waals surface area (Å²) in [5.74, 6) is 0.704. The fourth-order valence-corrected chi connectivity index (χ4v) is 2.79. The Balaban J connectivity index is 2.36. The Morgan fingerprint density at radius 3 is 3.12 bits per heavy atom. The first kappa shape index (κ1) is 12.6. The lowest BCUT2D eigenvalue weighted by Gasteiger charge is -2.39. The van der Waals surface area contributed by atoms with Crippen LogP contribution in [0.5, 0.6) is 0 Å². The van der Waals surface area contributed by atoms with Gasteiger partial charge in [0.25, 0.3) is 5.56 Å². The monoisotopic (exact) mass is 300 g/mol. The number of nitrogens with two attached hydrogens (primary N) is 1. The minimum Gasteiger partial charge on any atom is -0.351 e. The Labute approximate surface area is 109 Å². The van der Waals surface area contributed by atoms with Crippen molar-refractivity contribution in [3.05, 3.63) is 21.2 Å². The standard InChI is InChI=1S/C11H17BrN4O/c1-7(13)8-4-2-3-5-16(8)10-9(12)11(17)15-6-14-10/h6-8H,2-5,13H2,1H3,(H,14,15,17). The lowest BCUT2D eigenvalue weighted by molar-refractivity contribution is 0.410. The van der Waals surface area contributed by atoms with Gasteiger partial charge >= 0.3 is 0 Å². The molecular weight excluding hydrogens is 284 g/mol. The second-order valence-electron chi connectivity index (χ2n) is 4.48. The Hall–Kier alpha value is -0.880. The van der Waals surface area contributed by atoms with Crippen molar-refractivity contribution in [2.75, 3.05) is 11.4 Å². The van der Waals surface area contributed by atoms with Crippen LogP contribution in [-0.2, 0) is 0 Å². The van der Waals surface area contributed by atoms with Gasteiger partial charge in [-0.15, -0.1) is 0 Å². The molecule has 1 aromatic heterocycles. The zero-order valence-corrected chi connectivity index (χ0v) is 11.4. The van der Waals surface area contributed by atoms with E-state index in [1.807, 2.05) is 6.92 Å².